The summed E-state index contributed by atoms with van der Waals surface area (Å²) in [6.07, 6.45) is 1.18. The van der Waals surface area contributed by atoms with Crippen LogP contribution in [0.1, 0.15) is 24.5 Å². The standard InChI is InChI=1S/C27H28ClFN2O2S/c1-2-16-30-27(33)25(17-20-6-4-3-5-7-20)31(18-21-8-12-23(29)13-9-21)26(32)19-34-24-14-10-22(28)11-15-24/h3-15,25H,2,16-19H2,1H3,(H,30,33)/t25-/m1/s1. The van der Waals surface area contributed by atoms with Gasteiger partial charge in [-0.05, 0) is 53.9 Å². The highest BCUT2D eigenvalue weighted by molar-refractivity contribution is 8.00. The molecule has 0 fully saturated rings. The van der Waals surface area contributed by atoms with Crippen LogP contribution >= 0.6 is 23.4 Å². The van der Waals surface area contributed by atoms with E-state index in [-0.39, 0.29) is 29.9 Å². The lowest BCUT2D eigenvalue weighted by atomic mass is 10.0. The minimum Gasteiger partial charge on any atom is -0.354 e. The van der Waals surface area contributed by atoms with E-state index in [4.69, 9.17) is 11.6 Å². The average molecular weight is 499 g/mol. The van der Waals surface area contributed by atoms with Crippen molar-refractivity contribution in [2.75, 3.05) is 12.3 Å². The van der Waals surface area contributed by atoms with Crippen LogP contribution in [0, 0.1) is 5.82 Å². The third-order valence-electron chi connectivity index (χ3n) is 5.26. The number of thioether (sulfide) groups is 1. The molecule has 4 nitrogen and oxygen atoms in total. The molecule has 0 aromatic heterocycles. The first kappa shape index (κ1) is 25.8. The first-order chi connectivity index (χ1) is 16.5. The molecule has 0 aliphatic rings. The van der Waals surface area contributed by atoms with Crippen molar-refractivity contribution >= 4 is 35.2 Å². The van der Waals surface area contributed by atoms with E-state index in [1.165, 1.54) is 23.9 Å². The number of carbonyl (C=O) groups is 2. The second kappa shape index (κ2) is 13.2. The largest absolute Gasteiger partial charge is 0.354 e. The third-order valence-corrected chi connectivity index (χ3v) is 6.51. The van der Waals surface area contributed by atoms with Crippen molar-refractivity contribution in [1.82, 2.24) is 10.2 Å². The monoisotopic (exact) mass is 498 g/mol. The molecule has 0 radical (unpaired) electrons. The number of hydrogen-bond acceptors (Lipinski definition) is 3. The molecule has 178 valence electrons. The van der Waals surface area contributed by atoms with Crippen molar-refractivity contribution in [2.24, 2.45) is 0 Å². The van der Waals surface area contributed by atoms with Gasteiger partial charge in [-0.25, -0.2) is 4.39 Å². The van der Waals surface area contributed by atoms with Gasteiger partial charge in [-0.15, -0.1) is 11.8 Å². The summed E-state index contributed by atoms with van der Waals surface area (Å²) in [5, 5.41) is 3.58. The highest BCUT2D eigenvalue weighted by Gasteiger charge is 2.30. The lowest BCUT2D eigenvalue weighted by molar-refractivity contribution is -0.139. The van der Waals surface area contributed by atoms with Crippen LogP contribution in [0.25, 0.3) is 0 Å². The second-order valence-electron chi connectivity index (χ2n) is 7.89. The molecule has 0 bridgehead atoms. The number of hydrogen-bond donors (Lipinski definition) is 1. The van der Waals surface area contributed by atoms with Crippen molar-refractivity contribution in [3.05, 3.63) is 101 Å². The molecule has 3 rings (SSSR count). The van der Waals surface area contributed by atoms with Crippen molar-refractivity contribution in [2.45, 2.75) is 37.2 Å². The number of nitrogens with zero attached hydrogens (tertiary/aromatic N) is 1. The predicted octanol–water partition coefficient (Wildman–Crippen LogP) is 5.74. The van der Waals surface area contributed by atoms with E-state index in [1.54, 1.807) is 29.2 Å². The zero-order chi connectivity index (χ0) is 24.3. The number of halogens is 2. The van der Waals surface area contributed by atoms with Crippen LogP contribution in [0.2, 0.25) is 5.02 Å². The molecule has 3 aromatic rings. The van der Waals surface area contributed by atoms with Gasteiger partial charge in [-0.2, -0.15) is 0 Å². The Morgan fingerprint density at radius 1 is 0.971 bits per heavy atom. The van der Waals surface area contributed by atoms with Gasteiger partial charge in [0.25, 0.3) is 0 Å². The fourth-order valence-corrected chi connectivity index (χ4v) is 4.38. The van der Waals surface area contributed by atoms with E-state index in [1.807, 2.05) is 49.4 Å². The van der Waals surface area contributed by atoms with Crippen molar-refractivity contribution in [3.8, 4) is 0 Å². The molecule has 0 heterocycles. The molecule has 2 amide bonds. The van der Waals surface area contributed by atoms with E-state index in [0.29, 0.717) is 18.0 Å². The van der Waals surface area contributed by atoms with E-state index in [0.717, 1.165) is 22.4 Å². The summed E-state index contributed by atoms with van der Waals surface area (Å²) >= 11 is 7.36. The molecule has 7 heteroatoms. The zero-order valence-corrected chi connectivity index (χ0v) is 20.6. The molecular formula is C27H28ClFN2O2S. The van der Waals surface area contributed by atoms with Crippen LogP contribution in [0.3, 0.4) is 0 Å². The molecule has 34 heavy (non-hydrogen) atoms. The maximum absolute atomic E-state index is 13.5. The smallest absolute Gasteiger partial charge is 0.243 e. The fraction of sp³-hybridized carbons (Fsp3) is 0.259. The van der Waals surface area contributed by atoms with Crippen molar-refractivity contribution < 1.29 is 14.0 Å². The molecule has 0 aliphatic carbocycles. The summed E-state index contributed by atoms with van der Waals surface area (Å²) in [6.45, 7) is 2.72. The van der Waals surface area contributed by atoms with E-state index in [9.17, 15) is 14.0 Å². The second-order valence-corrected chi connectivity index (χ2v) is 9.37. The number of rotatable bonds is 11. The molecule has 0 saturated carbocycles. The summed E-state index contributed by atoms with van der Waals surface area (Å²) in [7, 11) is 0. The Labute approximate surface area is 209 Å². The van der Waals surface area contributed by atoms with Gasteiger partial charge >= 0.3 is 0 Å². The third kappa shape index (κ3) is 7.89. The zero-order valence-electron chi connectivity index (χ0n) is 19.0. The SMILES string of the molecule is CCCNC(=O)[C@@H](Cc1ccccc1)N(Cc1ccc(F)cc1)C(=O)CSc1ccc(Cl)cc1. The number of amides is 2. The Morgan fingerprint density at radius 2 is 1.65 bits per heavy atom. The van der Waals surface area contributed by atoms with Crippen molar-refractivity contribution in [1.29, 1.82) is 0 Å². The summed E-state index contributed by atoms with van der Waals surface area (Å²) in [5.74, 6) is -0.550. The van der Waals surface area contributed by atoms with Crippen LogP contribution in [0.15, 0.2) is 83.8 Å². The summed E-state index contributed by atoms with van der Waals surface area (Å²) in [6, 6.07) is 22.2. The Morgan fingerprint density at radius 3 is 2.29 bits per heavy atom. The summed E-state index contributed by atoms with van der Waals surface area (Å²) in [5.41, 5.74) is 1.72. The Bertz CT molecular complexity index is 1060. The highest BCUT2D eigenvalue weighted by atomic mass is 35.5. The van der Waals surface area contributed by atoms with Crippen LogP contribution in [-0.2, 0) is 22.6 Å². The van der Waals surface area contributed by atoms with Gasteiger partial charge in [0.1, 0.15) is 11.9 Å². The number of benzene rings is 3. The van der Waals surface area contributed by atoms with Gasteiger partial charge < -0.3 is 10.2 Å². The molecule has 0 spiro atoms. The van der Waals surface area contributed by atoms with Gasteiger partial charge in [0.2, 0.25) is 11.8 Å². The fourth-order valence-electron chi connectivity index (χ4n) is 3.47. The van der Waals surface area contributed by atoms with Gasteiger partial charge in [0.15, 0.2) is 0 Å². The van der Waals surface area contributed by atoms with E-state index >= 15 is 0 Å². The Kier molecular flexibility index (Phi) is 9.98. The average Bonchev–Trinajstić information content (AvgIpc) is 2.86. The lowest BCUT2D eigenvalue weighted by Gasteiger charge is -2.31. The van der Waals surface area contributed by atoms with Crippen molar-refractivity contribution in [3.63, 3.8) is 0 Å². The molecule has 1 N–H and O–H groups in total. The highest BCUT2D eigenvalue weighted by Crippen LogP contribution is 2.23. The lowest BCUT2D eigenvalue weighted by Crippen LogP contribution is -2.51. The first-order valence-corrected chi connectivity index (χ1v) is 12.6. The maximum Gasteiger partial charge on any atom is 0.243 e. The molecule has 0 unspecified atom stereocenters. The molecule has 1 atom stereocenters. The normalized spacial score (nSPS) is 11.6. The van der Waals surface area contributed by atoms with E-state index < -0.39 is 6.04 Å². The van der Waals surface area contributed by atoms with Gasteiger partial charge in [-0.3, -0.25) is 9.59 Å². The first-order valence-electron chi connectivity index (χ1n) is 11.2. The van der Waals surface area contributed by atoms with Crippen LogP contribution in [0.4, 0.5) is 4.39 Å². The number of carbonyl (C=O) groups excluding carboxylic acids is 2. The number of nitrogens with one attached hydrogen (secondary N) is 1. The van der Waals surface area contributed by atoms with Crippen LogP contribution < -0.4 is 5.32 Å². The van der Waals surface area contributed by atoms with E-state index in [2.05, 4.69) is 5.32 Å². The van der Waals surface area contributed by atoms with Gasteiger partial charge in [0, 0.05) is 29.4 Å². The summed E-state index contributed by atoms with van der Waals surface area (Å²) < 4.78 is 13.5. The quantitative estimate of drug-likeness (QED) is 0.343. The topological polar surface area (TPSA) is 49.4 Å². The molecule has 0 saturated heterocycles. The minimum absolute atomic E-state index is 0.162. The predicted molar refractivity (Wildman–Crippen MR) is 136 cm³/mol. The Balaban J connectivity index is 1.87. The molecule has 3 aromatic carbocycles. The summed E-state index contributed by atoms with van der Waals surface area (Å²) in [4.78, 5) is 29.2. The maximum atomic E-state index is 13.5. The van der Waals surface area contributed by atoms with Gasteiger partial charge in [0.05, 0.1) is 5.75 Å². The van der Waals surface area contributed by atoms with Crippen LogP contribution in [-0.4, -0.2) is 35.1 Å². The Hall–Kier alpha value is -2.83. The molecular weight excluding hydrogens is 471 g/mol. The molecule has 0 aliphatic heterocycles. The minimum atomic E-state index is -0.697. The van der Waals surface area contributed by atoms with Gasteiger partial charge in [-0.1, -0.05) is 61.0 Å². The van der Waals surface area contributed by atoms with Crippen LogP contribution in [0.5, 0.6) is 0 Å².